The third-order valence-electron chi connectivity index (χ3n) is 2.88. The lowest BCUT2D eigenvalue weighted by Gasteiger charge is -2.18. The van der Waals surface area contributed by atoms with Crippen LogP contribution in [0.4, 0.5) is 0 Å². The van der Waals surface area contributed by atoms with Gasteiger partial charge in [-0.25, -0.2) is 8.42 Å². The number of nitrogens with zero attached hydrogens (tertiary/aromatic N) is 1. The van der Waals surface area contributed by atoms with Crippen LogP contribution in [-0.4, -0.2) is 26.9 Å². The first-order valence-electron chi connectivity index (χ1n) is 5.88. The zero-order valence-corrected chi connectivity index (χ0v) is 13.7. The van der Waals surface area contributed by atoms with Gasteiger partial charge in [-0.1, -0.05) is 23.2 Å². The van der Waals surface area contributed by atoms with Crippen molar-refractivity contribution >= 4 is 33.2 Å². The Labute approximate surface area is 133 Å². The van der Waals surface area contributed by atoms with Crippen molar-refractivity contribution in [2.24, 2.45) is 0 Å². The second-order valence-corrected chi connectivity index (χ2v) is 7.00. The summed E-state index contributed by atoms with van der Waals surface area (Å²) in [4.78, 5) is -0.0796. The monoisotopic (exact) mass is 349 g/mol. The summed E-state index contributed by atoms with van der Waals surface area (Å²) in [5, 5.41) is -0.00560. The molecule has 8 heteroatoms. The van der Waals surface area contributed by atoms with E-state index < -0.39 is 10.0 Å². The highest BCUT2D eigenvalue weighted by Gasteiger charge is 2.26. The number of methoxy groups -OCH3 is 1. The molecule has 114 valence electrons. The minimum Gasteiger partial charge on any atom is -0.495 e. The highest BCUT2D eigenvalue weighted by atomic mass is 35.5. The van der Waals surface area contributed by atoms with Crippen LogP contribution in [-0.2, 0) is 16.6 Å². The fraction of sp³-hybridized carbons (Fsp3) is 0.231. The molecule has 0 unspecified atom stereocenters. The van der Waals surface area contributed by atoms with E-state index in [1.165, 1.54) is 32.6 Å². The van der Waals surface area contributed by atoms with Crippen molar-refractivity contribution in [2.75, 3.05) is 14.2 Å². The fourth-order valence-electron chi connectivity index (χ4n) is 1.75. The lowest BCUT2D eigenvalue weighted by Crippen LogP contribution is -2.26. The molecule has 2 aromatic rings. The largest absolute Gasteiger partial charge is 0.495 e. The van der Waals surface area contributed by atoms with E-state index in [4.69, 9.17) is 32.4 Å². The molecule has 0 aliphatic carbocycles. The quantitative estimate of drug-likeness (QED) is 0.829. The van der Waals surface area contributed by atoms with Crippen LogP contribution < -0.4 is 4.74 Å². The van der Waals surface area contributed by atoms with Gasteiger partial charge in [0, 0.05) is 7.05 Å². The summed E-state index contributed by atoms with van der Waals surface area (Å²) in [7, 11) is -0.930. The van der Waals surface area contributed by atoms with E-state index in [-0.39, 0.29) is 21.5 Å². The van der Waals surface area contributed by atoms with Gasteiger partial charge in [-0.05, 0) is 24.3 Å². The molecule has 0 amide bonds. The van der Waals surface area contributed by atoms with Gasteiger partial charge in [-0.15, -0.1) is 0 Å². The van der Waals surface area contributed by atoms with Gasteiger partial charge in [0.1, 0.15) is 21.4 Å². The number of hydrogen-bond donors (Lipinski definition) is 0. The molecule has 0 saturated heterocycles. The van der Waals surface area contributed by atoms with Crippen LogP contribution in [0.2, 0.25) is 10.0 Å². The number of halogens is 2. The van der Waals surface area contributed by atoms with Gasteiger partial charge in [0.15, 0.2) is 0 Å². The molecular formula is C13H13Cl2NO4S. The zero-order valence-electron chi connectivity index (χ0n) is 11.3. The topological polar surface area (TPSA) is 59.8 Å². The molecule has 0 saturated carbocycles. The second-order valence-electron chi connectivity index (χ2n) is 4.23. The lowest BCUT2D eigenvalue weighted by atomic mass is 10.3. The van der Waals surface area contributed by atoms with Crippen molar-refractivity contribution in [3.05, 3.63) is 46.3 Å². The summed E-state index contributed by atoms with van der Waals surface area (Å²) in [5.74, 6) is 0.839. The second kappa shape index (κ2) is 6.27. The Hall–Kier alpha value is -1.21. The minimum absolute atomic E-state index is 0.0617. The molecular weight excluding hydrogens is 337 g/mol. The molecule has 5 nitrogen and oxygen atoms in total. The summed E-state index contributed by atoms with van der Waals surface area (Å²) >= 11 is 12.0. The van der Waals surface area contributed by atoms with E-state index in [0.29, 0.717) is 11.5 Å². The van der Waals surface area contributed by atoms with Crippen LogP contribution in [0.5, 0.6) is 5.75 Å². The highest BCUT2D eigenvalue weighted by molar-refractivity contribution is 7.89. The van der Waals surface area contributed by atoms with Crippen molar-refractivity contribution < 1.29 is 17.6 Å². The van der Waals surface area contributed by atoms with Crippen molar-refractivity contribution in [3.8, 4) is 5.75 Å². The lowest BCUT2D eigenvalue weighted by molar-refractivity contribution is 0.405. The Balaban J connectivity index is 2.37. The molecule has 0 atom stereocenters. The van der Waals surface area contributed by atoms with E-state index >= 15 is 0 Å². The number of hydrogen-bond acceptors (Lipinski definition) is 4. The molecule has 0 bridgehead atoms. The first kappa shape index (κ1) is 16.2. The van der Waals surface area contributed by atoms with Crippen molar-refractivity contribution in [3.63, 3.8) is 0 Å². The van der Waals surface area contributed by atoms with Crippen LogP contribution in [0.3, 0.4) is 0 Å². The molecule has 0 fully saturated rings. The van der Waals surface area contributed by atoms with Gasteiger partial charge < -0.3 is 9.15 Å². The molecule has 0 spiro atoms. The van der Waals surface area contributed by atoms with Gasteiger partial charge in [-0.3, -0.25) is 0 Å². The Bertz CT molecular complexity index is 729. The molecule has 21 heavy (non-hydrogen) atoms. The maximum absolute atomic E-state index is 12.5. The molecule has 1 aromatic carbocycles. The van der Waals surface area contributed by atoms with Crippen molar-refractivity contribution in [1.82, 2.24) is 4.31 Å². The molecule has 0 aliphatic rings. The van der Waals surface area contributed by atoms with Gasteiger partial charge in [0.05, 0.1) is 24.9 Å². The normalized spacial score (nSPS) is 11.9. The number of rotatable bonds is 5. The third kappa shape index (κ3) is 3.18. The molecule has 1 aromatic heterocycles. The highest BCUT2D eigenvalue weighted by Crippen LogP contribution is 2.37. The minimum atomic E-state index is -3.79. The molecule has 0 aliphatic heterocycles. The fourth-order valence-corrected chi connectivity index (χ4v) is 3.69. The summed E-state index contributed by atoms with van der Waals surface area (Å²) in [6, 6.07) is 6.20. The zero-order chi connectivity index (χ0) is 15.6. The summed E-state index contributed by atoms with van der Waals surface area (Å²) < 4.78 is 36.3. The smallest absolute Gasteiger partial charge is 0.244 e. The first-order valence-corrected chi connectivity index (χ1v) is 8.08. The van der Waals surface area contributed by atoms with E-state index in [9.17, 15) is 8.42 Å². The predicted octanol–water partition coefficient (Wildman–Crippen LogP) is 3.42. The summed E-state index contributed by atoms with van der Waals surface area (Å²) in [5.41, 5.74) is 0. The van der Waals surface area contributed by atoms with E-state index in [1.807, 2.05) is 0 Å². The number of furan rings is 1. The Kier molecular flexibility index (Phi) is 4.83. The van der Waals surface area contributed by atoms with Crippen LogP contribution >= 0.6 is 23.2 Å². The van der Waals surface area contributed by atoms with E-state index in [1.54, 1.807) is 12.1 Å². The summed E-state index contributed by atoms with van der Waals surface area (Å²) in [6.45, 7) is 0.0926. The average Bonchev–Trinajstić information content (AvgIpc) is 2.94. The van der Waals surface area contributed by atoms with Crippen LogP contribution in [0, 0.1) is 0 Å². The number of sulfonamides is 1. The van der Waals surface area contributed by atoms with Crippen LogP contribution in [0.1, 0.15) is 5.76 Å². The summed E-state index contributed by atoms with van der Waals surface area (Å²) in [6.07, 6.45) is 1.48. The molecule has 0 radical (unpaired) electrons. The maximum atomic E-state index is 12.5. The van der Waals surface area contributed by atoms with Crippen LogP contribution in [0.15, 0.2) is 39.8 Å². The first-order chi connectivity index (χ1) is 9.87. The van der Waals surface area contributed by atoms with E-state index in [2.05, 4.69) is 0 Å². The Morgan fingerprint density at radius 3 is 2.52 bits per heavy atom. The number of benzene rings is 1. The van der Waals surface area contributed by atoms with Gasteiger partial charge in [0.2, 0.25) is 10.0 Å². The molecule has 0 N–H and O–H groups in total. The third-order valence-corrected chi connectivity index (χ3v) is 5.70. The molecule has 2 rings (SSSR count). The Morgan fingerprint density at radius 1 is 1.24 bits per heavy atom. The standard InChI is InChI=1S/C13H13Cl2NO4S/c1-16(8-9-4-3-7-20-9)21(17,18)11-6-5-10(19-2)12(14)13(11)15/h3-7H,8H2,1-2H3. The predicted molar refractivity (Wildman–Crippen MR) is 80.4 cm³/mol. The van der Waals surface area contributed by atoms with E-state index in [0.717, 1.165) is 4.31 Å². The van der Waals surface area contributed by atoms with Gasteiger partial charge in [0.25, 0.3) is 0 Å². The maximum Gasteiger partial charge on any atom is 0.244 e. The van der Waals surface area contributed by atoms with Crippen LogP contribution in [0.25, 0.3) is 0 Å². The van der Waals surface area contributed by atoms with Gasteiger partial charge >= 0.3 is 0 Å². The SMILES string of the molecule is COc1ccc(S(=O)(=O)N(C)Cc2ccco2)c(Cl)c1Cl. The number of ether oxygens (including phenoxy) is 1. The molecule has 1 heterocycles. The Morgan fingerprint density at radius 2 is 1.95 bits per heavy atom. The van der Waals surface area contributed by atoms with Gasteiger partial charge in [-0.2, -0.15) is 4.31 Å². The van der Waals surface area contributed by atoms with Crippen molar-refractivity contribution in [2.45, 2.75) is 11.4 Å². The van der Waals surface area contributed by atoms with Crippen molar-refractivity contribution in [1.29, 1.82) is 0 Å². The average molecular weight is 350 g/mol.